The van der Waals surface area contributed by atoms with E-state index in [4.69, 9.17) is 12.2 Å². The highest BCUT2D eigenvalue weighted by atomic mass is 32.1. The molecule has 0 bridgehead atoms. The Labute approximate surface area is 113 Å². The lowest BCUT2D eigenvalue weighted by molar-refractivity contribution is 0.195. The first kappa shape index (κ1) is 12.0. The van der Waals surface area contributed by atoms with Gasteiger partial charge < -0.3 is 9.55 Å². The molecular formula is C15H20N2S. The van der Waals surface area contributed by atoms with Crippen LogP contribution < -0.4 is 0 Å². The molecule has 1 saturated carbocycles. The number of aromatic nitrogens is 2. The van der Waals surface area contributed by atoms with E-state index in [1.54, 1.807) is 0 Å². The van der Waals surface area contributed by atoms with Crippen molar-refractivity contribution in [3.05, 3.63) is 29.0 Å². The van der Waals surface area contributed by atoms with Gasteiger partial charge in [0, 0.05) is 6.04 Å². The van der Waals surface area contributed by atoms with Gasteiger partial charge in [0.1, 0.15) is 0 Å². The van der Waals surface area contributed by atoms with Gasteiger partial charge in [0.25, 0.3) is 0 Å². The standard InChI is InChI=1S/C15H20N2S/c1-15(2)9-7-11(8-10-15)17-13-6-4-3-5-12(13)16-14(17)18/h3-6,11H,7-10H2,1-2H3,(H,16,18). The van der Waals surface area contributed by atoms with Crippen molar-refractivity contribution in [3.63, 3.8) is 0 Å². The molecule has 0 spiro atoms. The Hall–Kier alpha value is -1.09. The zero-order valence-electron chi connectivity index (χ0n) is 11.1. The molecule has 1 aromatic carbocycles. The Morgan fingerprint density at radius 1 is 1.22 bits per heavy atom. The van der Waals surface area contributed by atoms with Crippen molar-refractivity contribution in [2.45, 2.75) is 45.6 Å². The number of hydrogen-bond acceptors (Lipinski definition) is 1. The maximum atomic E-state index is 5.50. The van der Waals surface area contributed by atoms with Crippen LogP contribution in [0.2, 0.25) is 0 Å². The maximum Gasteiger partial charge on any atom is 0.178 e. The largest absolute Gasteiger partial charge is 0.331 e. The molecule has 2 nitrogen and oxygen atoms in total. The second-order valence-electron chi connectivity index (χ2n) is 6.21. The van der Waals surface area contributed by atoms with Crippen LogP contribution >= 0.6 is 12.2 Å². The molecule has 0 amide bonds. The number of nitrogens with zero attached hydrogens (tertiary/aromatic N) is 1. The van der Waals surface area contributed by atoms with E-state index >= 15 is 0 Å². The zero-order valence-corrected chi connectivity index (χ0v) is 11.9. The number of para-hydroxylation sites is 2. The van der Waals surface area contributed by atoms with Gasteiger partial charge in [-0.25, -0.2) is 0 Å². The van der Waals surface area contributed by atoms with E-state index in [1.165, 1.54) is 31.2 Å². The molecule has 1 aliphatic carbocycles. The van der Waals surface area contributed by atoms with Crippen LogP contribution in [-0.4, -0.2) is 9.55 Å². The minimum atomic E-state index is 0.505. The van der Waals surface area contributed by atoms with Crippen molar-refractivity contribution in [3.8, 4) is 0 Å². The summed E-state index contributed by atoms with van der Waals surface area (Å²) in [5.41, 5.74) is 2.92. The van der Waals surface area contributed by atoms with Crippen molar-refractivity contribution in [1.82, 2.24) is 9.55 Å². The summed E-state index contributed by atoms with van der Waals surface area (Å²) in [6.45, 7) is 4.75. The minimum Gasteiger partial charge on any atom is -0.331 e. The van der Waals surface area contributed by atoms with E-state index in [0.717, 1.165) is 10.3 Å². The van der Waals surface area contributed by atoms with Crippen LogP contribution in [0.5, 0.6) is 0 Å². The molecule has 0 atom stereocenters. The average Bonchev–Trinajstić information content (AvgIpc) is 2.66. The van der Waals surface area contributed by atoms with Crippen LogP contribution in [-0.2, 0) is 0 Å². The molecule has 0 radical (unpaired) electrons. The minimum absolute atomic E-state index is 0.505. The topological polar surface area (TPSA) is 20.7 Å². The van der Waals surface area contributed by atoms with Gasteiger partial charge in [-0.2, -0.15) is 0 Å². The van der Waals surface area contributed by atoms with Crippen molar-refractivity contribution in [2.75, 3.05) is 0 Å². The summed E-state index contributed by atoms with van der Waals surface area (Å²) < 4.78 is 3.21. The number of imidazole rings is 1. The first-order valence-corrected chi connectivity index (χ1v) is 7.17. The molecule has 1 aliphatic rings. The zero-order chi connectivity index (χ0) is 12.8. The number of hydrogen-bond donors (Lipinski definition) is 1. The Morgan fingerprint density at radius 3 is 2.61 bits per heavy atom. The maximum absolute atomic E-state index is 5.50. The fourth-order valence-corrected chi connectivity index (χ4v) is 3.44. The molecular weight excluding hydrogens is 240 g/mol. The van der Waals surface area contributed by atoms with Gasteiger partial charge in [-0.15, -0.1) is 0 Å². The second-order valence-corrected chi connectivity index (χ2v) is 6.60. The summed E-state index contributed by atoms with van der Waals surface area (Å²) in [6, 6.07) is 8.99. The molecule has 1 fully saturated rings. The van der Waals surface area contributed by atoms with E-state index < -0.39 is 0 Å². The highest BCUT2D eigenvalue weighted by molar-refractivity contribution is 7.71. The van der Waals surface area contributed by atoms with Gasteiger partial charge in [-0.05, 0) is 55.4 Å². The first-order valence-electron chi connectivity index (χ1n) is 6.76. The quantitative estimate of drug-likeness (QED) is 0.728. The molecule has 0 unspecified atom stereocenters. The third-order valence-electron chi connectivity index (χ3n) is 4.30. The summed E-state index contributed by atoms with van der Waals surface area (Å²) in [7, 11) is 0. The highest BCUT2D eigenvalue weighted by Gasteiger charge is 2.28. The molecule has 96 valence electrons. The second kappa shape index (κ2) is 4.23. The number of aromatic amines is 1. The van der Waals surface area contributed by atoms with Crippen molar-refractivity contribution in [1.29, 1.82) is 0 Å². The van der Waals surface area contributed by atoms with E-state index in [1.807, 2.05) is 0 Å². The summed E-state index contributed by atoms with van der Waals surface area (Å²) >= 11 is 5.50. The molecule has 0 saturated heterocycles. The SMILES string of the molecule is CC1(C)CCC(n2c(=S)[nH]c3ccccc32)CC1. The van der Waals surface area contributed by atoms with Crippen LogP contribution in [0.3, 0.4) is 0 Å². The van der Waals surface area contributed by atoms with Gasteiger partial charge in [0.2, 0.25) is 0 Å². The van der Waals surface area contributed by atoms with Gasteiger partial charge in [-0.1, -0.05) is 26.0 Å². The van der Waals surface area contributed by atoms with Gasteiger partial charge in [-0.3, -0.25) is 0 Å². The molecule has 1 aromatic heterocycles. The molecule has 1 heterocycles. The van der Waals surface area contributed by atoms with Crippen molar-refractivity contribution in [2.24, 2.45) is 5.41 Å². The van der Waals surface area contributed by atoms with E-state index in [2.05, 4.69) is 47.7 Å². The van der Waals surface area contributed by atoms with Crippen molar-refractivity contribution >= 4 is 23.3 Å². The van der Waals surface area contributed by atoms with Gasteiger partial charge in [0.05, 0.1) is 11.0 Å². The van der Waals surface area contributed by atoms with E-state index in [0.29, 0.717) is 11.5 Å². The molecule has 3 heteroatoms. The first-order chi connectivity index (χ1) is 8.57. The van der Waals surface area contributed by atoms with Crippen LogP contribution in [0.1, 0.15) is 45.6 Å². The van der Waals surface area contributed by atoms with Crippen LogP contribution in [0.25, 0.3) is 11.0 Å². The summed E-state index contributed by atoms with van der Waals surface area (Å²) in [5.74, 6) is 0. The average molecular weight is 260 g/mol. The van der Waals surface area contributed by atoms with Crippen LogP contribution in [0.15, 0.2) is 24.3 Å². The van der Waals surface area contributed by atoms with Crippen LogP contribution in [0.4, 0.5) is 0 Å². The molecule has 0 aliphatic heterocycles. The number of fused-ring (bicyclic) bond motifs is 1. The van der Waals surface area contributed by atoms with Crippen LogP contribution in [0, 0.1) is 10.2 Å². The summed E-state index contributed by atoms with van der Waals surface area (Å²) in [5, 5.41) is 0. The lowest BCUT2D eigenvalue weighted by Crippen LogP contribution is -2.23. The Morgan fingerprint density at radius 2 is 1.89 bits per heavy atom. The van der Waals surface area contributed by atoms with E-state index in [-0.39, 0.29) is 0 Å². The molecule has 18 heavy (non-hydrogen) atoms. The summed E-state index contributed by atoms with van der Waals surface area (Å²) in [6.07, 6.45) is 5.06. The summed E-state index contributed by atoms with van der Waals surface area (Å²) in [4.78, 5) is 3.32. The monoisotopic (exact) mass is 260 g/mol. The number of rotatable bonds is 1. The third-order valence-corrected chi connectivity index (χ3v) is 4.60. The number of H-pyrrole nitrogens is 1. The number of nitrogens with one attached hydrogen (secondary N) is 1. The van der Waals surface area contributed by atoms with Crippen molar-refractivity contribution < 1.29 is 0 Å². The fraction of sp³-hybridized carbons (Fsp3) is 0.533. The van der Waals surface area contributed by atoms with Gasteiger partial charge >= 0.3 is 0 Å². The Bertz CT molecular complexity index is 611. The Balaban J connectivity index is 2.00. The lowest BCUT2D eigenvalue weighted by Gasteiger charge is -2.35. The predicted octanol–water partition coefficient (Wildman–Crippen LogP) is 4.84. The van der Waals surface area contributed by atoms with E-state index in [9.17, 15) is 0 Å². The smallest absolute Gasteiger partial charge is 0.178 e. The third kappa shape index (κ3) is 2.01. The number of benzene rings is 1. The lowest BCUT2D eigenvalue weighted by atomic mass is 9.75. The molecule has 1 N–H and O–H groups in total. The molecule has 3 rings (SSSR count). The highest BCUT2D eigenvalue weighted by Crippen LogP contribution is 2.41. The Kier molecular flexibility index (Phi) is 2.81. The predicted molar refractivity (Wildman–Crippen MR) is 78.4 cm³/mol. The molecule has 2 aromatic rings. The normalized spacial score (nSPS) is 20.3. The van der Waals surface area contributed by atoms with Gasteiger partial charge in [0.15, 0.2) is 4.77 Å². The fourth-order valence-electron chi connectivity index (χ4n) is 3.08.